The van der Waals surface area contributed by atoms with E-state index < -0.39 is 0 Å². The summed E-state index contributed by atoms with van der Waals surface area (Å²) >= 11 is 0. The molecule has 1 amide bonds. The molecule has 2 fully saturated rings. The molecule has 3 heterocycles. The fourth-order valence-corrected chi connectivity index (χ4v) is 3.67. The van der Waals surface area contributed by atoms with Gasteiger partial charge in [0.15, 0.2) is 0 Å². The van der Waals surface area contributed by atoms with Crippen LogP contribution < -0.4 is 0 Å². The van der Waals surface area contributed by atoms with Crippen molar-refractivity contribution in [3.63, 3.8) is 0 Å². The molecule has 0 aromatic carbocycles. The number of carbonyl (C=O) groups excluding carboxylic acids is 1. The first-order valence-corrected chi connectivity index (χ1v) is 8.61. The Morgan fingerprint density at radius 3 is 2.91 bits per heavy atom. The minimum Gasteiger partial charge on any atom is -0.375 e. The molecule has 6 heteroatoms. The van der Waals surface area contributed by atoms with Crippen LogP contribution in [0.5, 0.6) is 0 Å². The molecule has 128 valence electrons. The number of nitrogens with zero attached hydrogens (tertiary/aromatic N) is 4. The van der Waals surface area contributed by atoms with Gasteiger partial charge in [0.25, 0.3) is 0 Å². The molecule has 0 saturated carbocycles. The van der Waals surface area contributed by atoms with Gasteiger partial charge in [0.2, 0.25) is 5.91 Å². The number of carbonyl (C=O) groups is 1. The number of ether oxygens (including phenoxy) is 1. The normalized spacial score (nSPS) is 25.7. The van der Waals surface area contributed by atoms with Crippen molar-refractivity contribution >= 4 is 5.91 Å². The predicted molar refractivity (Wildman–Crippen MR) is 88.0 cm³/mol. The van der Waals surface area contributed by atoms with Crippen molar-refractivity contribution in [1.29, 1.82) is 0 Å². The highest BCUT2D eigenvalue weighted by Crippen LogP contribution is 2.24. The standard InChI is InChI=1S/C17H28N4O2/c1-13(2)9-20-6-7-23-16-12-21(11-14(16)10-20)17(22)8-15-4-5-19(3)18-15/h4-5,13-14,16H,6-12H2,1-3H3/t14-,16+/m0/s1. The Kier molecular flexibility index (Phi) is 5.02. The van der Waals surface area contributed by atoms with Crippen molar-refractivity contribution < 1.29 is 9.53 Å². The van der Waals surface area contributed by atoms with Crippen LogP contribution in [0.3, 0.4) is 0 Å². The van der Waals surface area contributed by atoms with Crippen LogP contribution >= 0.6 is 0 Å². The monoisotopic (exact) mass is 320 g/mol. The average Bonchev–Trinajstić information content (AvgIpc) is 3.01. The first-order chi connectivity index (χ1) is 11.0. The van der Waals surface area contributed by atoms with Crippen molar-refractivity contribution in [3.8, 4) is 0 Å². The van der Waals surface area contributed by atoms with E-state index in [0.717, 1.165) is 45.0 Å². The van der Waals surface area contributed by atoms with Gasteiger partial charge in [-0.3, -0.25) is 9.48 Å². The van der Waals surface area contributed by atoms with Gasteiger partial charge in [-0.25, -0.2) is 0 Å². The lowest BCUT2D eigenvalue weighted by Gasteiger charge is -2.24. The van der Waals surface area contributed by atoms with Crippen LogP contribution in [0.2, 0.25) is 0 Å². The third-order valence-electron chi connectivity index (χ3n) is 4.69. The second-order valence-electron chi connectivity index (χ2n) is 7.28. The maximum Gasteiger partial charge on any atom is 0.228 e. The molecule has 0 spiro atoms. The topological polar surface area (TPSA) is 50.6 Å². The van der Waals surface area contributed by atoms with Gasteiger partial charge in [0.05, 0.1) is 24.8 Å². The molecule has 0 bridgehead atoms. The van der Waals surface area contributed by atoms with Gasteiger partial charge in [-0.1, -0.05) is 13.8 Å². The smallest absolute Gasteiger partial charge is 0.228 e. The van der Waals surface area contributed by atoms with Crippen molar-refractivity contribution in [2.24, 2.45) is 18.9 Å². The van der Waals surface area contributed by atoms with E-state index in [0.29, 0.717) is 18.3 Å². The highest BCUT2D eigenvalue weighted by molar-refractivity contribution is 5.78. The largest absolute Gasteiger partial charge is 0.375 e. The van der Waals surface area contributed by atoms with Crippen LogP contribution in [0, 0.1) is 11.8 Å². The SMILES string of the molecule is CC(C)CN1CCO[C@@H]2CN(C(=O)Cc3ccn(C)n3)C[C@@H]2C1. The lowest BCUT2D eigenvalue weighted by molar-refractivity contribution is -0.130. The van der Waals surface area contributed by atoms with Crippen LogP contribution in [0.25, 0.3) is 0 Å². The summed E-state index contributed by atoms with van der Waals surface area (Å²) in [6, 6.07) is 1.91. The first kappa shape index (κ1) is 16.5. The molecule has 0 N–H and O–H groups in total. The van der Waals surface area contributed by atoms with E-state index in [1.165, 1.54) is 0 Å². The van der Waals surface area contributed by atoms with Gasteiger partial charge in [-0.15, -0.1) is 0 Å². The Hall–Kier alpha value is -1.40. The summed E-state index contributed by atoms with van der Waals surface area (Å²) in [5, 5.41) is 4.30. The third-order valence-corrected chi connectivity index (χ3v) is 4.69. The highest BCUT2D eigenvalue weighted by atomic mass is 16.5. The van der Waals surface area contributed by atoms with Crippen molar-refractivity contribution in [2.45, 2.75) is 26.4 Å². The Morgan fingerprint density at radius 2 is 2.22 bits per heavy atom. The van der Waals surface area contributed by atoms with E-state index in [1.54, 1.807) is 4.68 Å². The van der Waals surface area contributed by atoms with Gasteiger partial charge >= 0.3 is 0 Å². The molecular formula is C17H28N4O2. The van der Waals surface area contributed by atoms with E-state index in [-0.39, 0.29) is 12.0 Å². The lowest BCUT2D eigenvalue weighted by Crippen LogP contribution is -2.36. The zero-order valence-electron chi connectivity index (χ0n) is 14.4. The van der Waals surface area contributed by atoms with Crippen molar-refractivity contribution in [3.05, 3.63) is 18.0 Å². The molecule has 6 nitrogen and oxygen atoms in total. The van der Waals surface area contributed by atoms with E-state index in [2.05, 4.69) is 23.8 Å². The van der Waals surface area contributed by atoms with Gasteiger partial charge in [0.1, 0.15) is 0 Å². The second kappa shape index (κ2) is 7.01. The van der Waals surface area contributed by atoms with Gasteiger partial charge in [-0.05, 0) is 12.0 Å². The van der Waals surface area contributed by atoms with E-state index in [1.807, 2.05) is 24.2 Å². The maximum atomic E-state index is 12.5. The maximum absolute atomic E-state index is 12.5. The molecule has 2 atom stereocenters. The number of hydrogen-bond acceptors (Lipinski definition) is 4. The van der Waals surface area contributed by atoms with Gasteiger partial charge in [-0.2, -0.15) is 5.10 Å². The summed E-state index contributed by atoms with van der Waals surface area (Å²) in [5.41, 5.74) is 0.840. The van der Waals surface area contributed by atoms with Crippen LogP contribution in [0.4, 0.5) is 0 Å². The summed E-state index contributed by atoms with van der Waals surface area (Å²) < 4.78 is 7.76. The van der Waals surface area contributed by atoms with Crippen LogP contribution in [0.1, 0.15) is 19.5 Å². The molecule has 3 rings (SSSR count). The molecule has 0 radical (unpaired) electrons. The number of aromatic nitrogens is 2. The number of hydrogen-bond donors (Lipinski definition) is 0. The zero-order chi connectivity index (χ0) is 16.4. The second-order valence-corrected chi connectivity index (χ2v) is 7.28. The number of fused-ring (bicyclic) bond motifs is 1. The van der Waals surface area contributed by atoms with E-state index >= 15 is 0 Å². The van der Waals surface area contributed by atoms with Crippen molar-refractivity contribution in [1.82, 2.24) is 19.6 Å². The number of rotatable bonds is 4. The summed E-state index contributed by atoms with van der Waals surface area (Å²) in [4.78, 5) is 17.0. The van der Waals surface area contributed by atoms with E-state index in [4.69, 9.17) is 4.74 Å². The number of likely N-dealkylation sites (tertiary alicyclic amines) is 1. The molecule has 23 heavy (non-hydrogen) atoms. The van der Waals surface area contributed by atoms with E-state index in [9.17, 15) is 4.79 Å². The van der Waals surface area contributed by atoms with Crippen LogP contribution in [0.15, 0.2) is 12.3 Å². The Labute approximate surface area is 138 Å². The molecule has 2 aliphatic rings. The summed E-state index contributed by atoms with van der Waals surface area (Å²) in [6.07, 6.45) is 2.46. The summed E-state index contributed by atoms with van der Waals surface area (Å²) in [5.74, 6) is 1.26. The lowest BCUT2D eigenvalue weighted by atomic mass is 10.1. The summed E-state index contributed by atoms with van der Waals surface area (Å²) in [6.45, 7) is 9.96. The molecule has 1 aromatic heterocycles. The molecule has 0 unspecified atom stereocenters. The predicted octanol–water partition coefficient (Wildman–Crippen LogP) is 0.778. The number of aryl methyl sites for hydroxylation is 1. The third kappa shape index (κ3) is 4.12. The van der Waals surface area contributed by atoms with Gasteiger partial charge in [0, 0.05) is 51.9 Å². The molecular weight excluding hydrogens is 292 g/mol. The highest BCUT2D eigenvalue weighted by Gasteiger charge is 2.38. The Morgan fingerprint density at radius 1 is 1.39 bits per heavy atom. The fraction of sp³-hybridized carbons (Fsp3) is 0.765. The quantitative estimate of drug-likeness (QED) is 0.823. The Bertz CT molecular complexity index is 542. The van der Waals surface area contributed by atoms with Crippen LogP contribution in [-0.4, -0.2) is 70.9 Å². The van der Waals surface area contributed by atoms with Crippen molar-refractivity contribution in [2.75, 3.05) is 39.3 Å². The number of amides is 1. The minimum atomic E-state index is 0.163. The van der Waals surface area contributed by atoms with Gasteiger partial charge < -0.3 is 14.5 Å². The van der Waals surface area contributed by atoms with Crippen LogP contribution in [-0.2, 0) is 23.0 Å². The molecule has 0 aliphatic carbocycles. The first-order valence-electron chi connectivity index (χ1n) is 8.61. The minimum absolute atomic E-state index is 0.163. The zero-order valence-corrected chi connectivity index (χ0v) is 14.4. The Balaban J connectivity index is 1.57. The molecule has 2 aliphatic heterocycles. The molecule has 2 saturated heterocycles. The average molecular weight is 320 g/mol. The summed E-state index contributed by atoms with van der Waals surface area (Å²) in [7, 11) is 1.87. The fourth-order valence-electron chi connectivity index (χ4n) is 3.67. The molecule has 1 aromatic rings.